The Hall–Kier alpha value is -0.120. The van der Waals surface area contributed by atoms with E-state index in [1.807, 2.05) is 0 Å². The highest BCUT2D eigenvalue weighted by molar-refractivity contribution is 4.80. The second kappa shape index (κ2) is 8.23. The first kappa shape index (κ1) is 15.3. The van der Waals surface area contributed by atoms with Gasteiger partial charge >= 0.3 is 0 Å². The standard InChI is InChI=1S/C16H32N2O/c1-3-10-17-11-15-8-9-16(19-15)13-18(4-2)12-14-6-5-7-14/h14-17H,3-13H2,1-2H3. The van der Waals surface area contributed by atoms with Gasteiger partial charge in [0.05, 0.1) is 12.2 Å². The third kappa shape index (κ3) is 5.05. The molecule has 3 nitrogen and oxygen atoms in total. The predicted molar refractivity (Wildman–Crippen MR) is 80.5 cm³/mol. The molecule has 19 heavy (non-hydrogen) atoms. The molecule has 0 amide bonds. The molecule has 112 valence electrons. The number of likely N-dealkylation sites (N-methyl/N-ethyl adjacent to an activating group) is 1. The second-order valence-electron chi connectivity index (χ2n) is 6.31. The van der Waals surface area contributed by atoms with E-state index in [4.69, 9.17) is 4.74 Å². The number of nitrogens with one attached hydrogen (secondary N) is 1. The molecule has 0 aromatic rings. The van der Waals surface area contributed by atoms with Gasteiger partial charge in [-0.25, -0.2) is 0 Å². The lowest BCUT2D eigenvalue weighted by molar-refractivity contribution is 0.0189. The molecule has 0 spiro atoms. The first-order valence-electron chi connectivity index (χ1n) is 8.40. The molecular weight excluding hydrogens is 236 g/mol. The minimum Gasteiger partial charge on any atom is -0.372 e. The Bertz CT molecular complexity index is 243. The highest BCUT2D eigenvalue weighted by Gasteiger charge is 2.27. The molecule has 1 N–H and O–H groups in total. The van der Waals surface area contributed by atoms with Crippen molar-refractivity contribution in [2.24, 2.45) is 5.92 Å². The summed E-state index contributed by atoms with van der Waals surface area (Å²) in [6.07, 6.45) is 8.99. The lowest BCUT2D eigenvalue weighted by Gasteiger charge is -2.33. The molecule has 1 saturated heterocycles. The Morgan fingerprint density at radius 3 is 2.47 bits per heavy atom. The van der Waals surface area contributed by atoms with Crippen LogP contribution in [0.25, 0.3) is 0 Å². The number of nitrogens with zero attached hydrogens (tertiary/aromatic N) is 1. The zero-order valence-corrected chi connectivity index (χ0v) is 12.9. The van der Waals surface area contributed by atoms with Gasteiger partial charge in [-0.05, 0) is 51.1 Å². The third-order valence-corrected chi connectivity index (χ3v) is 4.64. The largest absolute Gasteiger partial charge is 0.372 e. The van der Waals surface area contributed by atoms with Gasteiger partial charge in [-0.3, -0.25) is 0 Å². The third-order valence-electron chi connectivity index (χ3n) is 4.64. The average Bonchev–Trinajstić information content (AvgIpc) is 2.80. The maximum absolute atomic E-state index is 6.17. The predicted octanol–water partition coefficient (Wildman–Crippen LogP) is 2.66. The molecule has 0 aromatic heterocycles. The van der Waals surface area contributed by atoms with E-state index in [-0.39, 0.29) is 0 Å². The molecule has 1 heterocycles. The van der Waals surface area contributed by atoms with Crippen LogP contribution in [0.2, 0.25) is 0 Å². The zero-order chi connectivity index (χ0) is 13.5. The first-order chi connectivity index (χ1) is 9.31. The maximum atomic E-state index is 6.17. The van der Waals surface area contributed by atoms with Crippen molar-refractivity contribution in [2.75, 3.05) is 32.7 Å². The summed E-state index contributed by atoms with van der Waals surface area (Å²) in [7, 11) is 0. The summed E-state index contributed by atoms with van der Waals surface area (Å²) in [5, 5.41) is 3.48. The highest BCUT2D eigenvalue weighted by atomic mass is 16.5. The van der Waals surface area contributed by atoms with Crippen LogP contribution in [0.1, 0.15) is 52.4 Å². The summed E-state index contributed by atoms with van der Waals surface area (Å²) in [5.41, 5.74) is 0. The molecule has 0 radical (unpaired) electrons. The summed E-state index contributed by atoms with van der Waals surface area (Å²) in [5.74, 6) is 0.975. The summed E-state index contributed by atoms with van der Waals surface area (Å²) >= 11 is 0. The zero-order valence-electron chi connectivity index (χ0n) is 12.9. The van der Waals surface area contributed by atoms with E-state index in [1.165, 1.54) is 51.6 Å². The van der Waals surface area contributed by atoms with Gasteiger partial charge in [0, 0.05) is 19.6 Å². The molecule has 1 saturated carbocycles. The Kier molecular flexibility index (Phi) is 6.62. The average molecular weight is 268 g/mol. The molecule has 1 aliphatic heterocycles. The minimum atomic E-state index is 0.457. The number of ether oxygens (including phenoxy) is 1. The van der Waals surface area contributed by atoms with Crippen molar-refractivity contribution in [1.82, 2.24) is 10.2 Å². The lowest BCUT2D eigenvalue weighted by atomic mass is 9.85. The van der Waals surface area contributed by atoms with Crippen LogP contribution in [-0.4, -0.2) is 49.8 Å². The van der Waals surface area contributed by atoms with Gasteiger partial charge in [0.25, 0.3) is 0 Å². The van der Waals surface area contributed by atoms with Gasteiger partial charge in [0.15, 0.2) is 0 Å². The lowest BCUT2D eigenvalue weighted by Crippen LogP contribution is -2.38. The number of rotatable bonds is 9. The van der Waals surface area contributed by atoms with E-state index in [2.05, 4.69) is 24.1 Å². The van der Waals surface area contributed by atoms with Crippen LogP contribution >= 0.6 is 0 Å². The molecule has 3 heteroatoms. The van der Waals surface area contributed by atoms with Crippen molar-refractivity contribution >= 4 is 0 Å². The number of hydrogen-bond donors (Lipinski definition) is 1. The van der Waals surface area contributed by atoms with Gasteiger partial charge in [0.1, 0.15) is 0 Å². The molecule has 0 bridgehead atoms. The van der Waals surface area contributed by atoms with E-state index < -0.39 is 0 Å². The molecule has 2 atom stereocenters. The van der Waals surface area contributed by atoms with Crippen molar-refractivity contribution in [3.63, 3.8) is 0 Å². The van der Waals surface area contributed by atoms with E-state index >= 15 is 0 Å². The molecule has 2 fully saturated rings. The summed E-state index contributed by atoms with van der Waals surface area (Å²) in [6, 6.07) is 0. The SMILES string of the molecule is CCCNCC1CCC(CN(CC)CC2CCC2)O1. The van der Waals surface area contributed by atoms with Crippen LogP contribution in [0.3, 0.4) is 0 Å². The summed E-state index contributed by atoms with van der Waals surface area (Å²) in [4.78, 5) is 2.61. The van der Waals surface area contributed by atoms with E-state index in [0.29, 0.717) is 12.2 Å². The van der Waals surface area contributed by atoms with Gasteiger partial charge in [-0.2, -0.15) is 0 Å². The maximum Gasteiger partial charge on any atom is 0.0707 e. The first-order valence-corrected chi connectivity index (χ1v) is 8.40. The fraction of sp³-hybridized carbons (Fsp3) is 1.00. The van der Waals surface area contributed by atoms with Crippen molar-refractivity contribution in [3.05, 3.63) is 0 Å². The monoisotopic (exact) mass is 268 g/mol. The van der Waals surface area contributed by atoms with Crippen LogP contribution in [-0.2, 0) is 4.74 Å². The van der Waals surface area contributed by atoms with Crippen LogP contribution in [0.4, 0.5) is 0 Å². The van der Waals surface area contributed by atoms with Crippen molar-refractivity contribution in [3.8, 4) is 0 Å². The smallest absolute Gasteiger partial charge is 0.0707 e. The van der Waals surface area contributed by atoms with E-state index in [0.717, 1.165) is 25.6 Å². The van der Waals surface area contributed by atoms with Crippen molar-refractivity contribution in [1.29, 1.82) is 0 Å². The molecule has 0 aromatic carbocycles. The molecular formula is C16H32N2O. The Balaban J connectivity index is 1.62. The Morgan fingerprint density at radius 2 is 1.84 bits per heavy atom. The Labute approximate surface area is 119 Å². The van der Waals surface area contributed by atoms with Crippen LogP contribution in [0, 0.1) is 5.92 Å². The van der Waals surface area contributed by atoms with Crippen LogP contribution < -0.4 is 5.32 Å². The van der Waals surface area contributed by atoms with Gasteiger partial charge < -0.3 is 15.0 Å². The fourth-order valence-corrected chi connectivity index (χ4v) is 3.17. The molecule has 2 aliphatic rings. The van der Waals surface area contributed by atoms with Crippen molar-refractivity contribution < 1.29 is 4.74 Å². The topological polar surface area (TPSA) is 24.5 Å². The molecule has 2 rings (SSSR count). The van der Waals surface area contributed by atoms with Crippen LogP contribution in [0.15, 0.2) is 0 Å². The Morgan fingerprint density at radius 1 is 1.05 bits per heavy atom. The molecule has 2 unspecified atom stereocenters. The highest BCUT2D eigenvalue weighted by Crippen LogP contribution is 2.28. The fourth-order valence-electron chi connectivity index (χ4n) is 3.17. The van der Waals surface area contributed by atoms with Crippen LogP contribution in [0.5, 0.6) is 0 Å². The van der Waals surface area contributed by atoms with E-state index in [1.54, 1.807) is 0 Å². The number of hydrogen-bond acceptors (Lipinski definition) is 3. The van der Waals surface area contributed by atoms with Gasteiger partial charge in [-0.15, -0.1) is 0 Å². The quantitative estimate of drug-likeness (QED) is 0.651. The minimum absolute atomic E-state index is 0.457. The summed E-state index contributed by atoms with van der Waals surface area (Å²) in [6.45, 7) is 10.3. The normalized spacial score (nSPS) is 27.9. The van der Waals surface area contributed by atoms with Crippen molar-refractivity contribution in [2.45, 2.75) is 64.6 Å². The second-order valence-corrected chi connectivity index (χ2v) is 6.31. The van der Waals surface area contributed by atoms with Gasteiger partial charge in [0.2, 0.25) is 0 Å². The van der Waals surface area contributed by atoms with E-state index in [9.17, 15) is 0 Å². The molecule has 1 aliphatic carbocycles. The van der Waals surface area contributed by atoms with Gasteiger partial charge in [-0.1, -0.05) is 20.3 Å². The summed E-state index contributed by atoms with van der Waals surface area (Å²) < 4.78 is 6.17.